The maximum atomic E-state index is 13.2. The third-order valence-electron chi connectivity index (χ3n) is 8.74. The Kier molecular flexibility index (Phi) is 16.2. The molecule has 4 N–H and O–H groups in total. The summed E-state index contributed by atoms with van der Waals surface area (Å²) in [6.07, 6.45) is 4.16. The van der Waals surface area contributed by atoms with E-state index in [-0.39, 0.29) is 36.3 Å². The Morgan fingerprint density at radius 2 is 1.42 bits per heavy atom. The highest BCUT2D eigenvalue weighted by Gasteiger charge is 2.18. The van der Waals surface area contributed by atoms with Crippen molar-refractivity contribution in [1.29, 1.82) is 0 Å². The van der Waals surface area contributed by atoms with Crippen molar-refractivity contribution in [2.24, 2.45) is 0 Å². The number of nitrogens with one attached hydrogen (secondary N) is 4. The van der Waals surface area contributed by atoms with Gasteiger partial charge < -0.3 is 31.1 Å². The number of carbonyl (C=O) groups is 5. The van der Waals surface area contributed by atoms with Crippen LogP contribution in [0.1, 0.15) is 98.1 Å². The van der Waals surface area contributed by atoms with Crippen LogP contribution < -0.4 is 21.3 Å². The first-order valence-electron chi connectivity index (χ1n) is 17.5. The molecule has 0 unspecified atom stereocenters. The lowest BCUT2D eigenvalue weighted by Gasteiger charge is -2.18. The molecule has 2 aromatic carbocycles. The molecule has 2 aromatic rings. The van der Waals surface area contributed by atoms with Gasteiger partial charge in [-0.25, -0.2) is 4.79 Å². The summed E-state index contributed by atoms with van der Waals surface area (Å²) < 4.78 is 0. The molecule has 48 heavy (non-hydrogen) atoms. The van der Waals surface area contributed by atoms with Gasteiger partial charge in [0.25, 0.3) is 5.91 Å². The summed E-state index contributed by atoms with van der Waals surface area (Å²) in [5, 5.41) is 11.3. The normalized spacial score (nSPS) is 12.2. The first-order valence-corrected chi connectivity index (χ1v) is 17.5. The number of Topliss-reactive ketones (excluding diaryl/α,β-unsaturated/α-hetero) is 2. The summed E-state index contributed by atoms with van der Waals surface area (Å²) >= 11 is 0. The Labute approximate surface area is 285 Å². The topological polar surface area (TPSA) is 140 Å². The van der Waals surface area contributed by atoms with E-state index in [9.17, 15) is 24.0 Å². The van der Waals surface area contributed by atoms with Gasteiger partial charge in [-0.15, -0.1) is 0 Å². The fourth-order valence-electron chi connectivity index (χ4n) is 5.81. The minimum Gasteiger partial charge on any atom is -0.352 e. The summed E-state index contributed by atoms with van der Waals surface area (Å²) in [6, 6.07) is 9.90. The lowest BCUT2D eigenvalue weighted by atomic mass is 10.0. The highest BCUT2D eigenvalue weighted by Crippen LogP contribution is 2.24. The number of amides is 4. The lowest BCUT2D eigenvalue weighted by molar-refractivity contribution is -0.118. The highest BCUT2D eigenvalue weighted by molar-refractivity contribution is 6.03. The zero-order chi connectivity index (χ0) is 34.9. The fourth-order valence-corrected chi connectivity index (χ4v) is 5.81. The fraction of sp³-hybridized carbons (Fsp3) is 0.541. The maximum Gasteiger partial charge on any atom is 0.319 e. The monoisotopic (exact) mass is 662 g/mol. The molecular weight excluding hydrogens is 608 g/mol. The average molecular weight is 663 g/mol. The molecule has 0 aliphatic carbocycles. The smallest absolute Gasteiger partial charge is 0.319 e. The number of carbonyl (C=O) groups excluding carboxylic acids is 5. The number of hydrogen-bond donors (Lipinski definition) is 4. The van der Waals surface area contributed by atoms with E-state index in [4.69, 9.17) is 0 Å². The van der Waals surface area contributed by atoms with Gasteiger partial charge in [-0.05, 0) is 100 Å². The average Bonchev–Trinajstić information content (AvgIpc) is 3.45. The van der Waals surface area contributed by atoms with Gasteiger partial charge in [0, 0.05) is 54.9 Å². The van der Waals surface area contributed by atoms with Crippen LogP contribution in [0.15, 0.2) is 36.4 Å². The Bertz CT molecular complexity index is 1350. The van der Waals surface area contributed by atoms with Crippen molar-refractivity contribution in [2.75, 3.05) is 63.0 Å². The number of anilines is 2. The van der Waals surface area contributed by atoms with Crippen LogP contribution in [0.3, 0.4) is 0 Å². The molecule has 0 radical (unpaired) electrons. The number of unbranched alkanes of at least 4 members (excludes halogenated alkanes) is 1. The predicted octanol–water partition coefficient (Wildman–Crippen LogP) is 5.05. The van der Waals surface area contributed by atoms with E-state index in [1.165, 1.54) is 0 Å². The van der Waals surface area contributed by atoms with Crippen molar-refractivity contribution < 1.29 is 24.0 Å². The molecule has 1 aliphatic rings. The molecule has 1 aliphatic heterocycles. The second-order valence-electron chi connectivity index (χ2n) is 12.3. The van der Waals surface area contributed by atoms with Crippen LogP contribution in [-0.2, 0) is 22.4 Å². The molecule has 0 spiro atoms. The van der Waals surface area contributed by atoms with Crippen molar-refractivity contribution in [2.45, 2.75) is 79.1 Å². The molecule has 1 heterocycles. The van der Waals surface area contributed by atoms with Crippen molar-refractivity contribution in [1.82, 2.24) is 20.4 Å². The quantitative estimate of drug-likeness (QED) is 0.102. The minimum atomic E-state index is -0.479. The molecule has 11 nitrogen and oxygen atoms in total. The zero-order valence-electron chi connectivity index (χ0n) is 29.2. The van der Waals surface area contributed by atoms with E-state index >= 15 is 0 Å². The van der Waals surface area contributed by atoms with Gasteiger partial charge in [0.15, 0.2) is 5.78 Å². The third-order valence-corrected chi connectivity index (χ3v) is 8.74. The first kappa shape index (κ1) is 38.4. The Morgan fingerprint density at radius 3 is 2.12 bits per heavy atom. The van der Waals surface area contributed by atoms with Gasteiger partial charge in [-0.3, -0.25) is 19.2 Å². The van der Waals surface area contributed by atoms with E-state index in [0.29, 0.717) is 49.0 Å². The first-order chi connectivity index (χ1) is 23.1. The van der Waals surface area contributed by atoms with Gasteiger partial charge in [0.1, 0.15) is 5.78 Å². The molecule has 0 fully saturated rings. The van der Waals surface area contributed by atoms with Crippen LogP contribution in [0.25, 0.3) is 0 Å². The largest absolute Gasteiger partial charge is 0.352 e. The Morgan fingerprint density at radius 1 is 0.750 bits per heavy atom. The van der Waals surface area contributed by atoms with Gasteiger partial charge >= 0.3 is 6.03 Å². The molecule has 3 rings (SSSR count). The number of benzene rings is 2. The molecule has 0 saturated heterocycles. The lowest BCUT2D eigenvalue weighted by Crippen LogP contribution is -2.31. The van der Waals surface area contributed by atoms with Crippen molar-refractivity contribution >= 4 is 40.8 Å². The summed E-state index contributed by atoms with van der Waals surface area (Å²) in [4.78, 5) is 67.8. The van der Waals surface area contributed by atoms with Crippen molar-refractivity contribution in [3.8, 4) is 0 Å². The zero-order valence-corrected chi connectivity index (χ0v) is 29.2. The molecule has 0 bridgehead atoms. The SMILES string of the molecule is CCN(CC)CCCCC(=O)c1cc(NC(=O)NCCCC(=O)Cc2ccc3c(c2)CC(=O)N3)cc(C(=O)NCCCN(CC)CC)c1. The number of ketones is 2. The summed E-state index contributed by atoms with van der Waals surface area (Å²) in [5.74, 6) is -0.359. The number of rotatable bonds is 22. The summed E-state index contributed by atoms with van der Waals surface area (Å²) in [5.41, 5.74) is 3.63. The van der Waals surface area contributed by atoms with Crippen LogP contribution in [-0.4, -0.2) is 91.6 Å². The molecule has 0 saturated carbocycles. The maximum absolute atomic E-state index is 13.2. The van der Waals surface area contributed by atoms with Gasteiger partial charge in [0.05, 0.1) is 6.42 Å². The number of urea groups is 1. The minimum absolute atomic E-state index is 0.0431. The van der Waals surface area contributed by atoms with Gasteiger partial charge in [0.2, 0.25) is 5.91 Å². The Hall–Kier alpha value is -4.09. The van der Waals surface area contributed by atoms with Crippen molar-refractivity contribution in [3.05, 3.63) is 58.7 Å². The number of hydrogen-bond acceptors (Lipinski definition) is 7. The van der Waals surface area contributed by atoms with E-state index in [2.05, 4.69) is 58.8 Å². The molecule has 4 amide bonds. The van der Waals surface area contributed by atoms with Crippen LogP contribution >= 0.6 is 0 Å². The number of fused-ring (bicyclic) bond motifs is 1. The van der Waals surface area contributed by atoms with Crippen LogP contribution in [0.5, 0.6) is 0 Å². The highest BCUT2D eigenvalue weighted by atomic mass is 16.2. The van der Waals surface area contributed by atoms with E-state index in [1.54, 1.807) is 18.2 Å². The number of nitrogens with zero attached hydrogens (tertiary/aromatic N) is 2. The van der Waals surface area contributed by atoms with Gasteiger partial charge in [-0.1, -0.05) is 39.8 Å². The van der Waals surface area contributed by atoms with Crippen LogP contribution in [0.2, 0.25) is 0 Å². The third kappa shape index (κ3) is 12.8. The van der Waals surface area contributed by atoms with Crippen LogP contribution in [0, 0.1) is 0 Å². The summed E-state index contributed by atoms with van der Waals surface area (Å²) in [7, 11) is 0. The second-order valence-corrected chi connectivity index (χ2v) is 12.3. The standard InChI is InChI=1S/C37H54N6O5/c1-5-42(6-2)19-10-9-14-34(45)29-23-30(36(47)38-18-12-20-43(7-3)8-4)25-31(24-29)40-37(48)39-17-11-13-32(44)22-27-15-16-33-28(21-27)26-35(46)41-33/h15-16,21,23-25H,5-14,17-20,22,26H2,1-4H3,(H,38,47)(H,41,46)(H2,39,40,48). The van der Waals surface area contributed by atoms with E-state index in [1.807, 2.05) is 18.2 Å². The van der Waals surface area contributed by atoms with Crippen LogP contribution in [0.4, 0.5) is 16.2 Å². The predicted molar refractivity (Wildman–Crippen MR) is 191 cm³/mol. The van der Waals surface area contributed by atoms with E-state index in [0.717, 1.165) is 75.3 Å². The molecule has 11 heteroatoms. The summed E-state index contributed by atoms with van der Waals surface area (Å²) in [6.45, 7) is 14.9. The van der Waals surface area contributed by atoms with Crippen molar-refractivity contribution in [3.63, 3.8) is 0 Å². The molecule has 0 atom stereocenters. The van der Waals surface area contributed by atoms with E-state index < -0.39 is 6.03 Å². The molecular formula is C37H54N6O5. The molecule has 262 valence electrons. The second kappa shape index (κ2) is 20.3. The van der Waals surface area contributed by atoms with Gasteiger partial charge in [-0.2, -0.15) is 0 Å². The Balaban J connectivity index is 1.54. The molecule has 0 aromatic heterocycles.